The third-order valence-electron chi connectivity index (χ3n) is 3.58. The van der Waals surface area contributed by atoms with Gasteiger partial charge < -0.3 is 5.73 Å². The second-order valence-corrected chi connectivity index (χ2v) is 5.29. The number of halogens is 1. The molecule has 0 aromatic heterocycles. The highest BCUT2D eigenvalue weighted by Crippen LogP contribution is 2.27. The molecule has 1 aliphatic rings. The van der Waals surface area contributed by atoms with Crippen LogP contribution in [0.5, 0.6) is 0 Å². The van der Waals surface area contributed by atoms with Gasteiger partial charge in [-0.1, -0.05) is 12.1 Å². The molecule has 1 aromatic carbocycles. The molecule has 94 valence electrons. The van der Waals surface area contributed by atoms with Gasteiger partial charge in [0.15, 0.2) is 0 Å². The summed E-state index contributed by atoms with van der Waals surface area (Å²) in [4.78, 5) is 2.40. The summed E-state index contributed by atoms with van der Waals surface area (Å²) in [6, 6.07) is 7.59. The molecule has 1 fully saturated rings. The van der Waals surface area contributed by atoms with E-state index in [2.05, 4.69) is 18.7 Å². The molecule has 1 aliphatic heterocycles. The van der Waals surface area contributed by atoms with E-state index in [1.807, 2.05) is 12.1 Å². The van der Waals surface area contributed by atoms with Crippen molar-refractivity contribution >= 4 is 0 Å². The molecule has 2 atom stereocenters. The highest BCUT2D eigenvalue weighted by molar-refractivity contribution is 5.22. The van der Waals surface area contributed by atoms with Crippen molar-refractivity contribution in [1.82, 2.24) is 4.90 Å². The molecule has 0 radical (unpaired) electrons. The van der Waals surface area contributed by atoms with Gasteiger partial charge in [0.1, 0.15) is 5.82 Å². The van der Waals surface area contributed by atoms with Gasteiger partial charge in [0.05, 0.1) is 0 Å². The number of hydrogen-bond donors (Lipinski definition) is 1. The zero-order valence-corrected chi connectivity index (χ0v) is 10.6. The highest BCUT2D eigenvalue weighted by Gasteiger charge is 2.27. The lowest BCUT2D eigenvalue weighted by molar-refractivity contribution is 0.152. The summed E-state index contributed by atoms with van der Waals surface area (Å²) in [6.07, 6.45) is 0.995. The van der Waals surface area contributed by atoms with Crippen LogP contribution < -0.4 is 5.73 Å². The molecular formula is C14H21FN2. The third kappa shape index (κ3) is 3.05. The predicted molar refractivity (Wildman–Crippen MR) is 68.4 cm³/mol. The molecule has 1 heterocycles. The van der Waals surface area contributed by atoms with Gasteiger partial charge in [-0.2, -0.15) is 0 Å². The first-order valence-electron chi connectivity index (χ1n) is 6.31. The Hall–Kier alpha value is -0.930. The molecule has 2 nitrogen and oxygen atoms in total. The minimum atomic E-state index is -0.172. The van der Waals surface area contributed by atoms with Crippen LogP contribution in [0.2, 0.25) is 0 Å². The first-order chi connectivity index (χ1) is 8.06. The standard InChI is InChI=1S/C14H21FN2/c1-10(2)17-8-12(7-14(16)9-17)11-3-5-13(15)6-4-11/h3-6,10,12,14H,7-9,16H2,1-2H3. The van der Waals surface area contributed by atoms with Crippen LogP contribution >= 0.6 is 0 Å². The van der Waals surface area contributed by atoms with Crippen molar-refractivity contribution in [2.45, 2.75) is 38.3 Å². The van der Waals surface area contributed by atoms with Crippen molar-refractivity contribution in [2.24, 2.45) is 5.73 Å². The Morgan fingerprint density at radius 3 is 2.47 bits per heavy atom. The maximum Gasteiger partial charge on any atom is 0.123 e. The molecule has 2 rings (SSSR count). The lowest BCUT2D eigenvalue weighted by Gasteiger charge is -2.38. The fraction of sp³-hybridized carbons (Fsp3) is 0.571. The summed E-state index contributed by atoms with van der Waals surface area (Å²) in [7, 11) is 0. The van der Waals surface area contributed by atoms with Gasteiger partial charge in [-0.25, -0.2) is 4.39 Å². The second-order valence-electron chi connectivity index (χ2n) is 5.29. The summed E-state index contributed by atoms with van der Waals surface area (Å²) < 4.78 is 12.9. The lowest BCUT2D eigenvalue weighted by atomic mass is 9.88. The smallest absolute Gasteiger partial charge is 0.123 e. The van der Waals surface area contributed by atoms with Gasteiger partial charge in [0.2, 0.25) is 0 Å². The fourth-order valence-corrected chi connectivity index (χ4v) is 2.57. The SMILES string of the molecule is CC(C)N1CC(N)CC(c2ccc(F)cc2)C1. The van der Waals surface area contributed by atoms with E-state index in [0.29, 0.717) is 12.0 Å². The lowest BCUT2D eigenvalue weighted by Crippen LogP contribution is -2.48. The Labute approximate surface area is 103 Å². The number of piperidine rings is 1. The van der Waals surface area contributed by atoms with Crippen LogP contribution in [0.25, 0.3) is 0 Å². The second kappa shape index (κ2) is 5.15. The van der Waals surface area contributed by atoms with Crippen molar-refractivity contribution in [3.8, 4) is 0 Å². The highest BCUT2D eigenvalue weighted by atomic mass is 19.1. The largest absolute Gasteiger partial charge is 0.327 e. The molecule has 1 aromatic rings. The quantitative estimate of drug-likeness (QED) is 0.854. The fourth-order valence-electron chi connectivity index (χ4n) is 2.57. The van der Waals surface area contributed by atoms with Crippen LogP contribution in [0.3, 0.4) is 0 Å². The number of likely N-dealkylation sites (tertiary alicyclic amines) is 1. The van der Waals surface area contributed by atoms with Crippen molar-refractivity contribution in [3.05, 3.63) is 35.6 Å². The number of rotatable bonds is 2. The normalized spacial score (nSPS) is 26.4. The first-order valence-corrected chi connectivity index (χ1v) is 6.31. The van der Waals surface area contributed by atoms with Crippen LogP contribution in [0.4, 0.5) is 4.39 Å². The Morgan fingerprint density at radius 2 is 1.88 bits per heavy atom. The minimum Gasteiger partial charge on any atom is -0.327 e. The number of nitrogens with zero attached hydrogens (tertiary/aromatic N) is 1. The molecule has 0 spiro atoms. The van der Waals surface area contributed by atoms with E-state index in [1.165, 1.54) is 17.7 Å². The maximum atomic E-state index is 12.9. The maximum absolute atomic E-state index is 12.9. The van der Waals surface area contributed by atoms with Crippen molar-refractivity contribution in [1.29, 1.82) is 0 Å². The summed E-state index contributed by atoms with van der Waals surface area (Å²) in [5, 5.41) is 0. The van der Waals surface area contributed by atoms with E-state index in [4.69, 9.17) is 5.73 Å². The van der Waals surface area contributed by atoms with E-state index in [1.54, 1.807) is 0 Å². The molecule has 2 N–H and O–H groups in total. The topological polar surface area (TPSA) is 29.3 Å². The van der Waals surface area contributed by atoms with E-state index in [-0.39, 0.29) is 11.9 Å². The predicted octanol–water partition coefficient (Wildman–Crippen LogP) is 2.35. The van der Waals surface area contributed by atoms with Crippen LogP contribution in [0, 0.1) is 5.82 Å². The van der Waals surface area contributed by atoms with Gasteiger partial charge in [0.25, 0.3) is 0 Å². The van der Waals surface area contributed by atoms with Crippen molar-refractivity contribution in [2.75, 3.05) is 13.1 Å². The van der Waals surface area contributed by atoms with Gasteiger partial charge in [0, 0.05) is 25.2 Å². The Bertz CT molecular complexity index is 361. The van der Waals surface area contributed by atoms with Gasteiger partial charge in [-0.3, -0.25) is 4.90 Å². The van der Waals surface area contributed by atoms with E-state index in [0.717, 1.165) is 19.5 Å². The van der Waals surface area contributed by atoms with Crippen molar-refractivity contribution in [3.63, 3.8) is 0 Å². The average molecular weight is 236 g/mol. The molecule has 17 heavy (non-hydrogen) atoms. The van der Waals surface area contributed by atoms with Crippen LogP contribution in [-0.2, 0) is 0 Å². The minimum absolute atomic E-state index is 0.172. The summed E-state index contributed by atoms with van der Waals surface area (Å²) in [5.41, 5.74) is 7.31. The monoisotopic (exact) mass is 236 g/mol. The summed E-state index contributed by atoms with van der Waals surface area (Å²) in [5.74, 6) is 0.260. The molecule has 0 amide bonds. The zero-order valence-electron chi connectivity index (χ0n) is 10.6. The average Bonchev–Trinajstić information content (AvgIpc) is 2.29. The molecule has 1 saturated heterocycles. The molecule has 0 saturated carbocycles. The Balaban J connectivity index is 2.12. The molecular weight excluding hydrogens is 215 g/mol. The number of benzene rings is 1. The van der Waals surface area contributed by atoms with Gasteiger partial charge in [-0.15, -0.1) is 0 Å². The van der Waals surface area contributed by atoms with Gasteiger partial charge in [-0.05, 0) is 43.9 Å². The first kappa shape index (κ1) is 12.5. The summed E-state index contributed by atoms with van der Waals surface area (Å²) in [6.45, 7) is 6.38. The van der Waals surface area contributed by atoms with E-state index >= 15 is 0 Å². The van der Waals surface area contributed by atoms with Crippen LogP contribution in [0.1, 0.15) is 31.7 Å². The molecule has 0 bridgehead atoms. The Morgan fingerprint density at radius 1 is 1.24 bits per heavy atom. The number of nitrogens with two attached hydrogens (primary N) is 1. The van der Waals surface area contributed by atoms with Crippen molar-refractivity contribution < 1.29 is 4.39 Å². The van der Waals surface area contributed by atoms with Crippen LogP contribution in [0.15, 0.2) is 24.3 Å². The zero-order chi connectivity index (χ0) is 12.4. The van der Waals surface area contributed by atoms with Gasteiger partial charge >= 0.3 is 0 Å². The van der Waals surface area contributed by atoms with E-state index < -0.39 is 0 Å². The Kier molecular flexibility index (Phi) is 3.79. The summed E-state index contributed by atoms with van der Waals surface area (Å²) >= 11 is 0. The third-order valence-corrected chi connectivity index (χ3v) is 3.58. The number of hydrogen-bond acceptors (Lipinski definition) is 2. The van der Waals surface area contributed by atoms with E-state index in [9.17, 15) is 4.39 Å². The molecule has 3 heteroatoms. The molecule has 0 aliphatic carbocycles. The van der Waals surface area contributed by atoms with Crippen LogP contribution in [-0.4, -0.2) is 30.1 Å². The molecule has 2 unspecified atom stereocenters.